The number of pyridine rings is 1. The number of hydrogen-bond donors (Lipinski definition) is 1. The molecule has 122 valence electrons. The van der Waals surface area contributed by atoms with Crippen molar-refractivity contribution in [3.8, 4) is 0 Å². The van der Waals surface area contributed by atoms with E-state index in [9.17, 15) is 14.0 Å². The third-order valence-corrected chi connectivity index (χ3v) is 5.60. The summed E-state index contributed by atoms with van der Waals surface area (Å²) >= 11 is 4.35. The second kappa shape index (κ2) is 6.20. The normalized spacial score (nSPS) is 14.6. The molecule has 2 aromatic heterocycles. The molecule has 1 aliphatic carbocycles. The van der Waals surface area contributed by atoms with Crippen LogP contribution in [0.3, 0.4) is 0 Å². The van der Waals surface area contributed by atoms with Gasteiger partial charge in [-0.3, -0.25) is 14.0 Å². The van der Waals surface area contributed by atoms with Crippen molar-refractivity contribution >= 4 is 48.6 Å². The predicted molar refractivity (Wildman–Crippen MR) is 96.1 cm³/mol. The summed E-state index contributed by atoms with van der Waals surface area (Å²) in [7, 11) is 0. The van der Waals surface area contributed by atoms with E-state index in [1.54, 1.807) is 6.07 Å². The summed E-state index contributed by atoms with van der Waals surface area (Å²) in [5.41, 5.74) is -0.108. The van der Waals surface area contributed by atoms with Crippen molar-refractivity contribution in [3.05, 3.63) is 43.0 Å². The van der Waals surface area contributed by atoms with E-state index >= 15 is 0 Å². The molecule has 0 atom stereocenters. The molecule has 0 aliphatic heterocycles. The molecule has 4 nitrogen and oxygen atoms in total. The van der Waals surface area contributed by atoms with Crippen LogP contribution in [-0.4, -0.2) is 8.94 Å². The van der Waals surface area contributed by atoms with Crippen LogP contribution in [0, 0.1) is 5.82 Å². The number of nitrogens with one attached hydrogen (secondary N) is 1. The predicted octanol–water partition coefficient (Wildman–Crippen LogP) is 4.56. The SMILES string of the molecule is CC.O=c1[nH]sc2c1c(=O)c1cc(F)c(Br)cc1n2C1CCC1. The number of nitrogens with zero attached hydrogens (tertiary/aromatic N) is 1. The summed E-state index contributed by atoms with van der Waals surface area (Å²) in [6, 6.07) is 3.11. The lowest BCUT2D eigenvalue weighted by atomic mass is 9.92. The fourth-order valence-corrected chi connectivity index (χ4v) is 4.09. The van der Waals surface area contributed by atoms with Crippen LogP contribution >= 0.6 is 27.5 Å². The smallest absolute Gasteiger partial charge is 0.271 e. The van der Waals surface area contributed by atoms with Gasteiger partial charge in [0.05, 0.1) is 9.99 Å². The third-order valence-electron chi connectivity index (χ3n) is 4.11. The Morgan fingerprint density at radius 1 is 1.30 bits per heavy atom. The molecule has 0 bridgehead atoms. The minimum absolute atomic E-state index is 0.140. The van der Waals surface area contributed by atoms with Gasteiger partial charge >= 0.3 is 0 Å². The van der Waals surface area contributed by atoms with Gasteiger partial charge in [-0.05, 0) is 58.9 Å². The highest BCUT2D eigenvalue weighted by molar-refractivity contribution is 9.10. The zero-order chi connectivity index (χ0) is 16.7. The van der Waals surface area contributed by atoms with Gasteiger partial charge in [-0.25, -0.2) is 4.39 Å². The van der Waals surface area contributed by atoms with Gasteiger partial charge in [0.25, 0.3) is 5.56 Å². The minimum atomic E-state index is -0.495. The standard InChI is InChI=1S/C14H10BrFN2O2S.C2H6/c15-8-5-10-7(4-9(8)16)12(19)11-13(20)17-21-14(11)18(10)6-2-1-3-6;1-2/h4-6H,1-3H2,(H,17,20);1-2H3. The molecule has 1 saturated carbocycles. The monoisotopic (exact) mass is 398 g/mol. The summed E-state index contributed by atoms with van der Waals surface area (Å²) in [5, 5.41) is 0.403. The Labute approximate surface area is 144 Å². The van der Waals surface area contributed by atoms with E-state index in [0.717, 1.165) is 19.3 Å². The molecular formula is C16H16BrFN2O2S. The van der Waals surface area contributed by atoms with E-state index < -0.39 is 16.8 Å². The van der Waals surface area contributed by atoms with Gasteiger partial charge in [-0.2, -0.15) is 0 Å². The average Bonchev–Trinajstić information content (AvgIpc) is 2.88. The Hall–Kier alpha value is -1.47. The van der Waals surface area contributed by atoms with Crippen LogP contribution in [0.4, 0.5) is 4.39 Å². The molecule has 1 aliphatic rings. The highest BCUT2D eigenvalue weighted by Crippen LogP contribution is 2.37. The summed E-state index contributed by atoms with van der Waals surface area (Å²) in [6.07, 6.45) is 3.14. The largest absolute Gasteiger partial charge is 0.328 e. The van der Waals surface area contributed by atoms with E-state index in [-0.39, 0.29) is 16.8 Å². The van der Waals surface area contributed by atoms with Gasteiger partial charge in [0.2, 0.25) is 5.43 Å². The summed E-state index contributed by atoms with van der Waals surface area (Å²) < 4.78 is 18.8. The third kappa shape index (κ3) is 2.46. The molecule has 4 rings (SSSR count). The lowest BCUT2D eigenvalue weighted by Gasteiger charge is -2.30. The van der Waals surface area contributed by atoms with Crippen LogP contribution < -0.4 is 11.0 Å². The van der Waals surface area contributed by atoms with Gasteiger partial charge in [0.15, 0.2) is 0 Å². The Morgan fingerprint density at radius 2 is 2.00 bits per heavy atom. The first-order valence-corrected chi connectivity index (χ1v) is 9.23. The van der Waals surface area contributed by atoms with Crippen molar-refractivity contribution in [3.63, 3.8) is 0 Å². The number of rotatable bonds is 1. The van der Waals surface area contributed by atoms with Crippen molar-refractivity contribution in [1.82, 2.24) is 8.94 Å². The van der Waals surface area contributed by atoms with Crippen molar-refractivity contribution in [2.45, 2.75) is 39.2 Å². The van der Waals surface area contributed by atoms with Gasteiger partial charge in [0.1, 0.15) is 16.0 Å². The first-order valence-electron chi connectivity index (χ1n) is 7.62. The maximum absolute atomic E-state index is 13.8. The summed E-state index contributed by atoms with van der Waals surface area (Å²) in [4.78, 5) is 25.1. The van der Waals surface area contributed by atoms with E-state index in [0.29, 0.717) is 14.8 Å². The second-order valence-electron chi connectivity index (χ2n) is 5.28. The van der Waals surface area contributed by atoms with E-state index in [2.05, 4.69) is 20.3 Å². The number of aromatic amines is 1. The molecular weight excluding hydrogens is 383 g/mol. The first-order chi connectivity index (χ1) is 11.1. The number of fused-ring (bicyclic) bond motifs is 2. The Balaban J connectivity index is 0.000000753. The quantitative estimate of drug-likeness (QED) is 0.653. The van der Waals surface area contributed by atoms with E-state index in [1.807, 2.05) is 18.4 Å². The number of H-pyrrole nitrogens is 1. The lowest BCUT2D eigenvalue weighted by molar-refractivity contribution is 0.328. The summed E-state index contributed by atoms with van der Waals surface area (Å²) in [5.74, 6) is -0.495. The molecule has 23 heavy (non-hydrogen) atoms. The molecule has 7 heteroatoms. The molecule has 0 spiro atoms. The van der Waals surface area contributed by atoms with Crippen molar-refractivity contribution in [1.29, 1.82) is 0 Å². The Bertz CT molecular complexity index is 1000. The number of benzene rings is 1. The summed E-state index contributed by atoms with van der Waals surface area (Å²) in [6.45, 7) is 4.00. The van der Waals surface area contributed by atoms with Crippen LogP contribution in [0.2, 0.25) is 0 Å². The molecule has 1 N–H and O–H groups in total. The maximum Gasteiger partial charge on any atom is 0.271 e. The van der Waals surface area contributed by atoms with Crippen LogP contribution in [0.1, 0.15) is 39.2 Å². The molecule has 1 fully saturated rings. The average molecular weight is 399 g/mol. The van der Waals surface area contributed by atoms with Crippen molar-refractivity contribution < 1.29 is 4.39 Å². The first kappa shape index (κ1) is 16.4. The molecule has 0 saturated heterocycles. The van der Waals surface area contributed by atoms with Gasteiger partial charge < -0.3 is 4.57 Å². The number of aromatic nitrogens is 2. The lowest BCUT2D eigenvalue weighted by Crippen LogP contribution is -2.22. The Morgan fingerprint density at radius 3 is 2.61 bits per heavy atom. The fourth-order valence-electron chi connectivity index (χ4n) is 2.83. The number of hydrogen-bond acceptors (Lipinski definition) is 3. The highest BCUT2D eigenvalue weighted by atomic mass is 79.9. The van der Waals surface area contributed by atoms with E-state index in [4.69, 9.17) is 0 Å². The van der Waals surface area contributed by atoms with Crippen molar-refractivity contribution in [2.75, 3.05) is 0 Å². The van der Waals surface area contributed by atoms with Crippen molar-refractivity contribution in [2.24, 2.45) is 0 Å². The van der Waals surface area contributed by atoms with Gasteiger partial charge in [0, 0.05) is 11.4 Å². The topological polar surface area (TPSA) is 54.9 Å². The highest BCUT2D eigenvalue weighted by Gasteiger charge is 2.26. The van der Waals surface area contributed by atoms with Gasteiger partial charge in [-0.15, -0.1) is 0 Å². The van der Waals surface area contributed by atoms with Crippen LogP contribution in [0.15, 0.2) is 26.2 Å². The molecule has 2 heterocycles. The second-order valence-corrected chi connectivity index (χ2v) is 6.93. The molecule has 1 aromatic carbocycles. The zero-order valence-corrected chi connectivity index (χ0v) is 15.2. The van der Waals surface area contributed by atoms with E-state index in [1.165, 1.54) is 17.6 Å². The van der Waals surface area contributed by atoms with Gasteiger partial charge in [-0.1, -0.05) is 13.8 Å². The molecule has 3 aromatic rings. The molecule has 0 unspecified atom stereocenters. The molecule has 0 amide bonds. The maximum atomic E-state index is 13.8. The van der Waals surface area contributed by atoms with Crippen LogP contribution in [0.25, 0.3) is 21.1 Å². The molecule has 0 radical (unpaired) electrons. The number of halogens is 2. The fraction of sp³-hybridized carbons (Fsp3) is 0.375. The Kier molecular flexibility index (Phi) is 4.42. The minimum Gasteiger partial charge on any atom is -0.328 e. The zero-order valence-electron chi connectivity index (χ0n) is 12.8. The van der Waals surface area contributed by atoms with Crippen LogP contribution in [0.5, 0.6) is 0 Å². The van der Waals surface area contributed by atoms with Crippen LogP contribution in [-0.2, 0) is 0 Å².